The Labute approximate surface area is 423 Å². The van der Waals surface area contributed by atoms with E-state index in [1.54, 1.807) is 0 Å². The fraction of sp³-hybridized carbons (Fsp3) is 0.855. The number of carbonyl (C=O) groups excluding carboxylic acids is 1. The van der Waals surface area contributed by atoms with Crippen LogP contribution in [-0.2, 0) is 4.79 Å². The van der Waals surface area contributed by atoms with Crippen LogP contribution in [0.3, 0.4) is 0 Å². The second-order valence-corrected chi connectivity index (χ2v) is 20.7. The number of nitrogens with one attached hydrogen (secondary N) is 1. The van der Waals surface area contributed by atoms with Gasteiger partial charge in [0.2, 0.25) is 5.91 Å². The van der Waals surface area contributed by atoms with E-state index < -0.39 is 36.9 Å². The topological polar surface area (TPSA) is 110 Å². The lowest BCUT2D eigenvalue weighted by Crippen LogP contribution is -2.53. The van der Waals surface area contributed by atoms with Gasteiger partial charge in [-0.2, -0.15) is 0 Å². The lowest BCUT2D eigenvalue weighted by atomic mass is 10.00. The van der Waals surface area contributed by atoms with Gasteiger partial charge in [-0.3, -0.25) is 4.79 Å². The molecule has 0 aliphatic carbocycles. The largest absolute Gasteiger partial charge is 0.394 e. The molecule has 6 nitrogen and oxygen atoms in total. The number of hydrogen-bond donors (Lipinski definition) is 5. The van der Waals surface area contributed by atoms with Crippen LogP contribution in [0.2, 0.25) is 0 Å². The molecule has 0 aromatic carbocycles. The number of carbonyl (C=O) groups is 1. The van der Waals surface area contributed by atoms with E-state index in [4.69, 9.17) is 0 Å². The van der Waals surface area contributed by atoms with Crippen molar-refractivity contribution in [2.24, 2.45) is 0 Å². The van der Waals surface area contributed by atoms with E-state index in [0.717, 1.165) is 51.4 Å². The van der Waals surface area contributed by atoms with Gasteiger partial charge < -0.3 is 25.7 Å². The summed E-state index contributed by atoms with van der Waals surface area (Å²) in [6.45, 7) is 4.07. The van der Waals surface area contributed by atoms with Crippen LogP contribution in [0.4, 0.5) is 0 Å². The van der Waals surface area contributed by atoms with Crippen LogP contribution in [0.5, 0.6) is 0 Å². The van der Waals surface area contributed by atoms with Crippen molar-refractivity contribution in [2.75, 3.05) is 6.61 Å². The molecule has 0 bridgehead atoms. The van der Waals surface area contributed by atoms with Gasteiger partial charge in [-0.15, -0.1) is 0 Å². The van der Waals surface area contributed by atoms with Gasteiger partial charge in [0.15, 0.2) is 0 Å². The van der Waals surface area contributed by atoms with Crippen molar-refractivity contribution < 1.29 is 25.2 Å². The third-order valence-electron chi connectivity index (χ3n) is 14.0. The highest BCUT2D eigenvalue weighted by atomic mass is 16.3. The number of allylic oxidation sites excluding steroid dienone is 8. The van der Waals surface area contributed by atoms with E-state index in [-0.39, 0.29) is 0 Å². The average Bonchev–Trinajstić information content (AvgIpc) is 3.34. The summed E-state index contributed by atoms with van der Waals surface area (Å²) in [5.41, 5.74) is 0. The van der Waals surface area contributed by atoms with Gasteiger partial charge in [0.05, 0.1) is 18.8 Å². The minimum atomic E-state index is -1.30. The molecule has 0 saturated heterocycles. The van der Waals surface area contributed by atoms with Crippen molar-refractivity contribution in [2.45, 2.75) is 334 Å². The van der Waals surface area contributed by atoms with Crippen molar-refractivity contribution in [1.82, 2.24) is 5.32 Å². The van der Waals surface area contributed by atoms with Crippen LogP contribution in [0.1, 0.15) is 309 Å². The van der Waals surface area contributed by atoms with Crippen molar-refractivity contribution in [1.29, 1.82) is 0 Å². The zero-order chi connectivity index (χ0) is 49.5. The zero-order valence-electron chi connectivity index (χ0n) is 45.4. The van der Waals surface area contributed by atoms with Gasteiger partial charge in [-0.05, 0) is 89.9 Å². The number of rotatable bonds is 55. The molecular weight excluding hydrogens is 839 g/mol. The third-order valence-corrected chi connectivity index (χ3v) is 14.0. The van der Waals surface area contributed by atoms with Crippen LogP contribution >= 0.6 is 0 Å². The Hall–Kier alpha value is -1.73. The quantitative estimate of drug-likeness (QED) is 0.0308. The molecule has 400 valence electrons. The van der Waals surface area contributed by atoms with E-state index >= 15 is 0 Å². The lowest BCUT2D eigenvalue weighted by molar-refractivity contribution is -0.132. The SMILES string of the molecule is CCCCCCCCCCC/C=C/CC/C=C/CC/C=C/CCCC(O)C(O)C(CO)NC(=O)C(O)CCCCCCCCCCCCCCCC/C=C\CCCCCCCCCCCCCC. The predicted octanol–water partition coefficient (Wildman–Crippen LogP) is 17.8. The number of amides is 1. The standard InChI is InChI=1S/C62H117NO5/c1-3-5-7-9-11-13-15-17-19-21-23-25-27-28-29-30-31-32-33-34-36-38-40-42-44-46-48-50-52-54-56-60(66)62(68)63-58(57-64)61(67)59(65)55-53-51-49-47-45-43-41-39-37-35-26-24-22-20-18-16-14-12-10-8-6-4-2/h24,26,28-29,39,41,47,49,58-61,64-67H,3-23,25,27,30-38,40,42-46,48,50-57H2,1-2H3,(H,63,68)/b26-24+,29-28-,41-39+,49-47+. The minimum Gasteiger partial charge on any atom is -0.394 e. The van der Waals surface area contributed by atoms with Crippen LogP contribution in [0.15, 0.2) is 48.6 Å². The van der Waals surface area contributed by atoms with Gasteiger partial charge in [0, 0.05) is 0 Å². The molecule has 1 amide bonds. The Kier molecular flexibility index (Phi) is 54.8. The molecule has 0 aromatic rings. The summed E-state index contributed by atoms with van der Waals surface area (Å²) in [6, 6.07) is -1.01. The highest BCUT2D eigenvalue weighted by molar-refractivity contribution is 5.80. The molecule has 4 atom stereocenters. The average molecular weight is 957 g/mol. The summed E-state index contributed by atoms with van der Waals surface area (Å²) < 4.78 is 0. The fourth-order valence-corrected chi connectivity index (χ4v) is 9.26. The maximum atomic E-state index is 12.6. The Morgan fingerprint density at radius 3 is 0.926 bits per heavy atom. The molecule has 0 aliphatic rings. The van der Waals surface area contributed by atoms with Crippen molar-refractivity contribution in [3.05, 3.63) is 48.6 Å². The first kappa shape index (κ1) is 66.3. The summed E-state index contributed by atoms with van der Waals surface area (Å²) in [5.74, 6) is -0.597. The van der Waals surface area contributed by atoms with Crippen LogP contribution < -0.4 is 5.32 Å². The molecule has 0 heterocycles. The molecule has 0 fully saturated rings. The van der Waals surface area contributed by atoms with E-state index in [9.17, 15) is 25.2 Å². The maximum absolute atomic E-state index is 12.6. The zero-order valence-corrected chi connectivity index (χ0v) is 45.4. The Morgan fingerprint density at radius 2 is 0.618 bits per heavy atom. The van der Waals surface area contributed by atoms with Gasteiger partial charge in [0.25, 0.3) is 0 Å². The summed E-state index contributed by atoms with van der Waals surface area (Å²) in [6.07, 6.45) is 71.9. The van der Waals surface area contributed by atoms with E-state index in [1.807, 2.05) is 0 Å². The second-order valence-electron chi connectivity index (χ2n) is 20.7. The predicted molar refractivity (Wildman–Crippen MR) is 297 cm³/mol. The van der Waals surface area contributed by atoms with Crippen molar-refractivity contribution in [3.8, 4) is 0 Å². The number of unbranched alkanes of at least 4 members (excludes halogenated alkanes) is 38. The number of hydrogen-bond acceptors (Lipinski definition) is 5. The van der Waals surface area contributed by atoms with Crippen molar-refractivity contribution >= 4 is 5.91 Å². The van der Waals surface area contributed by atoms with Gasteiger partial charge >= 0.3 is 0 Å². The minimum absolute atomic E-state index is 0.359. The molecule has 0 aliphatic heterocycles. The van der Waals surface area contributed by atoms with Gasteiger partial charge in [-0.25, -0.2) is 0 Å². The van der Waals surface area contributed by atoms with Crippen molar-refractivity contribution in [3.63, 3.8) is 0 Å². The number of aliphatic hydroxyl groups is 4. The van der Waals surface area contributed by atoms with E-state index in [1.165, 1.54) is 225 Å². The van der Waals surface area contributed by atoms with Crippen LogP contribution in [-0.4, -0.2) is 57.3 Å². The molecule has 6 heteroatoms. The Bertz CT molecular complexity index is 1120. The third kappa shape index (κ3) is 49.3. The monoisotopic (exact) mass is 956 g/mol. The smallest absolute Gasteiger partial charge is 0.249 e. The molecule has 5 N–H and O–H groups in total. The van der Waals surface area contributed by atoms with Crippen LogP contribution in [0, 0.1) is 0 Å². The molecule has 0 radical (unpaired) electrons. The molecule has 68 heavy (non-hydrogen) atoms. The van der Waals surface area contributed by atoms with Gasteiger partial charge in [-0.1, -0.05) is 268 Å². The van der Waals surface area contributed by atoms with Crippen LogP contribution in [0.25, 0.3) is 0 Å². The second kappa shape index (κ2) is 56.2. The summed E-state index contributed by atoms with van der Waals surface area (Å²) in [7, 11) is 0. The molecular formula is C62H117NO5. The lowest BCUT2D eigenvalue weighted by Gasteiger charge is -2.27. The first-order chi connectivity index (χ1) is 33.5. The molecule has 0 spiro atoms. The van der Waals surface area contributed by atoms with E-state index in [0.29, 0.717) is 19.3 Å². The Balaban J connectivity index is 3.66. The first-order valence-corrected chi connectivity index (χ1v) is 30.0. The maximum Gasteiger partial charge on any atom is 0.249 e. The highest BCUT2D eigenvalue weighted by Gasteiger charge is 2.28. The van der Waals surface area contributed by atoms with E-state index in [2.05, 4.69) is 67.8 Å². The molecule has 0 saturated carbocycles. The fourth-order valence-electron chi connectivity index (χ4n) is 9.26. The normalized spacial score (nSPS) is 14.0. The Morgan fingerprint density at radius 1 is 0.353 bits per heavy atom. The molecule has 0 rings (SSSR count). The highest BCUT2D eigenvalue weighted by Crippen LogP contribution is 2.17. The van der Waals surface area contributed by atoms with Gasteiger partial charge in [0.1, 0.15) is 12.2 Å². The summed E-state index contributed by atoms with van der Waals surface area (Å²) >= 11 is 0. The number of aliphatic hydroxyl groups excluding tert-OH is 4. The molecule has 4 unspecified atom stereocenters. The molecule has 0 aromatic heterocycles. The first-order valence-electron chi connectivity index (χ1n) is 30.0. The summed E-state index contributed by atoms with van der Waals surface area (Å²) in [4.78, 5) is 12.6. The summed E-state index contributed by atoms with van der Waals surface area (Å²) in [5, 5.41) is 44.0.